The van der Waals surface area contributed by atoms with Crippen molar-refractivity contribution in [2.75, 3.05) is 13.1 Å². The first kappa shape index (κ1) is 24.4. The van der Waals surface area contributed by atoms with Gasteiger partial charge in [-0.1, -0.05) is 42.5 Å². The zero-order valence-electron chi connectivity index (χ0n) is 15.9. The van der Waals surface area contributed by atoms with Crippen molar-refractivity contribution in [3.8, 4) is 0 Å². The smallest absolute Gasteiger partial charge is 0.244 e. The van der Waals surface area contributed by atoms with Gasteiger partial charge in [0.1, 0.15) is 11.4 Å². The van der Waals surface area contributed by atoms with Crippen molar-refractivity contribution < 1.29 is 9.18 Å². The summed E-state index contributed by atoms with van der Waals surface area (Å²) < 4.78 is 13.0. The molecule has 0 bridgehead atoms. The molecule has 3 N–H and O–H groups in total. The Hall–Kier alpha value is -1.66. The molecule has 28 heavy (non-hydrogen) atoms. The van der Waals surface area contributed by atoms with Crippen LogP contribution in [-0.4, -0.2) is 29.9 Å². The van der Waals surface area contributed by atoms with Crippen molar-refractivity contribution in [3.63, 3.8) is 0 Å². The Bertz CT molecular complexity index is 733. The molecule has 1 atom stereocenters. The lowest BCUT2D eigenvalue weighted by Gasteiger charge is -2.34. The highest BCUT2D eigenvalue weighted by atomic mass is 35.5. The van der Waals surface area contributed by atoms with E-state index >= 15 is 0 Å². The number of amides is 1. The Kier molecular flexibility index (Phi) is 9.37. The molecule has 7 heteroatoms. The molecule has 1 saturated heterocycles. The van der Waals surface area contributed by atoms with Gasteiger partial charge in [-0.05, 0) is 43.0 Å². The summed E-state index contributed by atoms with van der Waals surface area (Å²) >= 11 is 0. The summed E-state index contributed by atoms with van der Waals surface area (Å²) in [6.07, 6.45) is 1.77. The van der Waals surface area contributed by atoms with Crippen LogP contribution in [0.25, 0.3) is 0 Å². The number of rotatable bonds is 5. The Balaban J connectivity index is 0.00000196. The van der Waals surface area contributed by atoms with Gasteiger partial charge in [0.15, 0.2) is 0 Å². The number of carbonyl (C=O) groups is 1. The molecule has 154 valence electrons. The number of carbonyl (C=O) groups excluding carboxylic acids is 1. The third kappa shape index (κ3) is 6.17. The average molecular weight is 428 g/mol. The van der Waals surface area contributed by atoms with E-state index in [1.807, 2.05) is 42.5 Å². The van der Waals surface area contributed by atoms with E-state index in [1.54, 1.807) is 6.92 Å². The molecule has 1 aliphatic rings. The quantitative estimate of drug-likeness (QED) is 0.765. The average Bonchev–Trinajstić information content (AvgIpc) is 2.66. The van der Waals surface area contributed by atoms with E-state index < -0.39 is 5.54 Å². The van der Waals surface area contributed by atoms with Crippen LogP contribution >= 0.6 is 24.8 Å². The van der Waals surface area contributed by atoms with Gasteiger partial charge in [-0.2, -0.15) is 0 Å². The summed E-state index contributed by atoms with van der Waals surface area (Å²) in [5.74, 6) is -0.348. The summed E-state index contributed by atoms with van der Waals surface area (Å²) in [4.78, 5) is 15.0. The monoisotopic (exact) mass is 427 g/mol. The number of nitrogens with zero attached hydrogens (tertiary/aromatic N) is 1. The molecule has 0 aromatic heterocycles. The van der Waals surface area contributed by atoms with Crippen molar-refractivity contribution in [2.24, 2.45) is 5.73 Å². The molecule has 0 spiro atoms. The molecule has 4 nitrogen and oxygen atoms in total. The summed E-state index contributed by atoms with van der Waals surface area (Å²) in [6.45, 7) is 4.35. The van der Waals surface area contributed by atoms with E-state index in [0.717, 1.165) is 43.6 Å². The van der Waals surface area contributed by atoms with Gasteiger partial charge in [0.05, 0.1) is 0 Å². The molecule has 1 heterocycles. The van der Waals surface area contributed by atoms with Gasteiger partial charge < -0.3 is 11.1 Å². The minimum atomic E-state index is -1.04. The first-order valence-electron chi connectivity index (χ1n) is 9.07. The predicted octanol–water partition coefficient (Wildman–Crippen LogP) is 3.62. The number of likely N-dealkylation sites (tertiary alicyclic amines) is 1. The Morgan fingerprint density at radius 1 is 1.11 bits per heavy atom. The van der Waals surface area contributed by atoms with E-state index in [1.165, 1.54) is 12.1 Å². The van der Waals surface area contributed by atoms with Crippen LogP contribution in [0.5, 0.6) is 0 Å². The lowest BCUT2D eigenvalue weighted by molar-refractivity contribution is -0.127. The third-order valence-electron chi connectivity index (χ3n) is 5.09. The maximum absolute atomic E-state index is 13.0. The minimum Gasteiger partial charge on any atom is -0.351 e. The highest BCUT2D eigenvalue weighted by Gasteiger charge is 2.32. The molecule has 1 aliphatic heterocycles. The first-order valence-corrected chi connectivity index (χ1v) is 9.07. The van der Waals surface area contributed by atoms with E-state index in [4.69, 9.17) is 5.73 Å². The molecule has 0 saturated carbocycles. The second kappa shape index (κ2) is 10.8. The summed E-state index contributed by atoms with van der Waals surface area (Å²) in [5.41, 5.74) is 7.17. The van der Waals surface area contributed by atoms with Crippen LogP contribution in [0.15, 0.2) is 54.6 Å². The molecular formula is C21H28Cl2FN3O. The van der Waals surface area contributed by atoms with Crippen molar-refractivity contribution in [2.45, 2.75) is 37.9 Å². The third-order valence-corrected chi connectivity index (χ3v) is 5.09. The number of hydrogen-bond acceptors (Lipinski definition) is 3. The van der Waals surface area contributed by atoms with Crippen LogP contribution < -0.4 is 11.1 Å². The van der Waals surface area contributed by atoms with Crippen molar-refractivity contribution >= 4 is 30.7 Å². The van der Waals surface area contributed by atoms with Gasteiger partial charge in [-0.25, -0.2) is 4.39 Å². The molecule has 2 aromatic carbocycles. The molecule has 2 aromatic rings. The van der Waals surface area contributed by atoms with Gasteiger partial charge in [-0.3, -0.25) is 9.69 Å². The Morgan fingerprint density at radius 3 is 2.25 bits per heavy atom. The zero-order chi connectivity index (χ0) is 18.6. The van der Waals surface area contributed by atoms with E-state index in [2.05, 4.69) is 10.2 Å². The fourth-order valence-corrected chi connectivity index (χ4v) is 3.33. The van der Waals surface area contributed by atoms with Crippen LogP contribution in [0.1, 0.15) is 30.9 Å². The second-order valence-corrected chi connectivity index (χ2v) is 7.22. The van der Waals surface area contributed by atoms with Crippen LogP contribution in [0, 0.1) is 5.82 Å². The van der Waals surface area contributed by atoms with Crippen LogP contribution in [0.4, 0.5) is 4.39 Å². The minimum absolute atomic E-state index is 0. The van der Waals surface area contributed by atoms with Gasteiger partial charge in [0, 0.05) is 25.7 Å². The molecular weight excluding hydrogens is 400 g/mol. The molecule has 0 aliphatic carbocycles. The maximum Gasteiger partial charge on any atom is 0.244 e. The number of hydrogen-bond donors (Lipinski definition) is 2. The highest BCUT2D eigenvalue weighted by molar-refractivity contribution is 5.87. The SMILES string of the molecule is CC(N)(C(=O)NC1CCN(Cc2ccc(F)cc2)CC1)c1ccccc1.Cl.Cl. The van der Waals surface area contributed by atoms with E-state index in [-0.39, 0.29) is 42.6 Å². The van der Waals surface area contributed by atoms with Crippen molar-refractivity contribution in [3.05, 3.63) is 71.5 Å². The fraction of sp³-hybridized carbons (Fsp3) is 0.381. The van der Waals surface area contributed by atoms with Crippen molar-refractivity contribution in [1.29, 1.82) is 0 Å². The number of piperidine rings is 1. The predicted molar refractivity (Wildman–Crippen MR) is 115 cm³/mol. The highest BCUT2D eigenvalue weighted by Crippen LogP contribution is 2.20. The van der Waals surface area contributed by atoms with E-state index in [9.17, 15) is 9.18 Å². The van der Waals surface area contributed by atoms with Gasteiger partial charge in [-0.15, -0.1) is 24.8 Å². The van der Waals surface area contributed by atoms with Crippen LogP contribution in [0.3, 0.4) is 0 Å². The second-order valence-electron chi connectivity index (χ2n) is 7.22. The van der Waals surface area contributed by atoms with Gasteiger partial charge >= 0.3 is 0 Å². The molecule has 3 rings (SSSR count). The lowest BCUT2D eigenvalue weighted by atomic mass is 9.91. The summed E-state index contributed by atoms with van der Waals surface area (Å²) in [6, 6.07) is 16.2. The fourth-order valence-electron chi connectivity index (χ4n) is 3.33. The van der Waals surface area contributed by atoms with Crippen molar-refractivity contribution in [1.82, 2.24) is 10.2 Å². The standard InChI is InChI=1S/C21H26FN3O.2ClH/c1-21(23,17-5-3-2-4-6-17)20(26)24-19-11-13-25(14-12-19)15-16-7-9-18(22)10-8-16;;/h2-10,19H,11-15,23H2,1H3,(H,24,26);2*1H. The zero-order valence-corrected chi connectivity index (χ0v) is 17.6. The van der Waals surface area contributed by atoms with Gasteiger partial charge in [0.2, 0.25) is 5.91 Å². The Morgan fingerprint density at radius 2 is 1.68 bits per heavy atom. The number of nitrogens with one attached hydrogen (secondary N) is 1. The van der Waals surface area contributed by atoms with E-state index in [0.29, 0.717) is 0 Å². The number of benzene rings is 2. The first-order chi connectivity index (χ1) is 12.4. The van der Waals surface area contributed by atoms with Gasteiger partial charge in [0.25, 0.3) is 0 Å². The number of nitrogens with two attached hydrogens (primary N) is 1. The molecule has 1 fully saturated rings. The van der Waals surface area contributed by atoms with Crippen LogP contribution in [0.2, 0.25) is 0 Å². The molecule has 1 amide bonds. The number of halogens is 3. The summed E-state index contributed by atoms with van der Waals surface area (Å²) in [7, 11) is 0. The normalized spacial score (nSPS) is 17.0. The molecule has 1 unspecified atom stereocenters. The molecule has 0 radical (unpaired) electrons. The summed E-state index contributed by atoms with van der Waals surface area (Å²) in [5, 5.41) is 3.11. The largest absolute Gasteiger partial charge is 0.351 e. The van der Waals surface area contributed by atoms with Crippen LogP contribution in [-0.2, 0) is 16.9 Å². The Labute approximate surface area is 178 Å². The maximum atomic E-state index is 13.0. The lowest BCUT2D eigenvalue weighted by Crippen LogP contribution is -2.54. The topological polar surface area (TPSA) is 58.4 Å².